The second kappa shape index (κ2) is 6.20. The zero-order valence-corrected chi connectivity index (χ0v) is 12.7. The second-order valence-electron chi connectivity index (χ2n) is 5.80. The third kappa shape index (κ3) is 3.12. The van der Waals surface area contributed by atoms with Gasteiger partial charge in [-0.1, -0.05) is 36.4 Å². The molecule has 0 aliphatic carbocycles. The van der Waals surface area contributed by atoms with E-state index < -0.39 is 6.09 Å². The van der Waals surface area contributed by atoms with Gasteiger partial charge in [-0.2, -0.15) is 0 Å². The van der Waals surface area contributed by atoms with Crippen LogP contribution in [-0.4, -0.2) is 29.7 Å². The summed E-state index contributed by atoms with van der Waals surface area (Å²) in [5.41, 5.74) is 4.29. The number of rotatable bonds is 3. The van der Waals surface area contributed by atoms with E-state index in [9.17, 15) is 9.90 Å². The van der Waals surface area contributed by atoms with Crippen LogP contribution in [0.25, 0.3) is 0 Å². The molecule has 1 aliphatic heterocycles. The average Bonchev–Trinajstić information content (AvgIpc) is 2.53. The van der Waals surface area contributed by atoms with Crippen LogP contribution in [0.2, 0.25) is 0 Å². The zero-order valence-electron chi connectivity index (χ0n) is 12.7. The van der Waals surface area contributed by atoms with E-state index in [1.807, 2.05) is 42.5 Å². The Bertz CT molecular complexity index is 670. The zero-order chi connectivity index (χ0) is 15.5. The first-order chi connectivity index (χ1) is 10.6. The maximum atomic E-state index is 11.6. The molecule has 0 atom stereocenters. The quantitative estimate of drug-likeness (QED) is 0.944. The monoisotopic (exact) mass is 296 g/mol. The molecule has 0 saturated carbocycles. The molecule has 1 heterocycles. The molecule has 0 bridgehead atoms. The Morgan fingerprint density at radius 3 is 2.68 bits per heavy atom. The van der Waals surface area contributed by atoms with E-state index in [1.54, 1.807) is 0 Å². The van der Waals surface area contributed by atoms with Crippen molar-refractivity contribution in [1.82, 2.24) is 4.90 Å². The van der Waals surface area contributed by atoms with Crippen LogP contribution >= 0.6 is 0 Å². The van der Waals surface area contributed by atoms with Crippen LogP contribution in [0.3, 0.4) is 0 Å². The smallest absolute Gasteiger partial charge is 0.412 e. The largest absolute Gasteiger partial charge is 0.465 e. The minimum absolute atomic E-state index is 0.370. The normalized spacial score (nSPS) is 14.4. The summed E-state index contributed by atoms with van der Waals surface area (Å²) < 4.78 is 0. The second-order valence-corrected chi connectivity index (χ2v) is 5.80. The molecule has 22 heavy (non-hydrogen) atoms. The van der Waals surface area contributed by atoms with Crippen molar-refractivity contribution in [3.8, 4) is 0 Å². The van der Waals surface area contributed by atoms with E-state index >= 15 is 0 Å². The van der Waals surface area contributed by atoms with Crippen molar-refractivity contribution < 1.29 is 9.90 Å². The SMILES string of the molecule is CN1CCc2cc(N(Cc3ccccc3)C(=O)O)ccc2C1. The van der Waals surface area contributed by atoms with Gasteiger partial charge in [0.15, 0.2) is 0 Å². The summed E-state index contributed by atoms with van der Waals surface area (Å²) in [6, 6.07) is 15.7. The van der Waals surface area contributed by atoms with Crippen LogP contribution in [0.4, 0.5) is 10.5 Å². The van der Waals surface area contributed by atoms with Crippen molar-refractivity contribution in [2.24, 2.45) is 0 Å². The molecule has 0 radical (unpaired) electrons. The van der Waals surface area contributed by atoms with Crippen LogP contribution in [0.15, 0.2) is 48.5 Å². The average molecular weight is 296 g/mol. The molecular formula is C18H20N2O2. The number of likely N-dealkylation sites (N-methyl/N-ethyl adjacent to an activating group) is 1. The lowest BCUT2D eigenvalue weighted by molar-refractivity contribution is 0.201. The van der Waals surface area contributed by atoms with Crippen LogP contribution in [0.5, 0.6) is 0 Å². The number of benzene rings is 2. The molecule has 4 heteroatoms. The molecule has 114 valence electrons. The van der Waals surface area contributed by atoms with Crippen LogP contribution in [-0.2, 0) is 19.5 Å². The van der Waals surface area contributed by atoms with Gasteiger partial charge in [0.25, 0.3) is 0 Å². The highest BCUT2D eigenvalue weighted by atomic mass is 16.4. The third-order valence-corrected chi connectivity index (χ3v) is 4.12. The van der Waals surface area contributed by atoms with E-state index in [2.05, 4.69) is 18.0 Å². The van der Waals surface area contributed by atoms with Crippen molar-refractivity contribution >= 4 is 11.8 Å². The first-order valence-electron chi connectivity index (χ1n) is 7.48. The third-order valence-electron chi connectivity index (χ3n) is 4.12. The van der Waals surface area contributed by atoms with Gasteiger partial charge in [0.1, 0.15) is 0 Å². The standard InChI is InChI=1S/C18H20N2O2/c1-19-10-9-15-11-17(8-7-16(15)13-19)20(18(21)22)12-14-5-3-2-4-6-14/h2-8,11H,9-10,12-13H2,1H3,(H,21,22). The number of carbonyl (C=O) groups is 1. The van der Waals surface area contributed by atoms with Gasteiger partial charge in [-0.15, -0.1) is 0 Å². The highest BCUT2D eigenvalue weighted by molar-refractivity contribution is 5.86. The molecule has 2 aromatic carbocycles. The van der Waals surface area contributed by atoms with Gasteiger partial charge in [0, 0.05) is 18.8 Å². The van der Waals surface area contributed by atoms with Gasteiger partial charge >= 0.3 is 6.09 Å². The van der Waals surface area contributed by atoms with Crippen LogP contribution in [0, 0.1) is 0 Å². The molecule has 0 unspecified atom stereocenters. The number of anilines is 1. The first kappa shape index (κ1) is 14.6. The van der Waals surface area contributed by atoms with Crippen molar-refractivity contribution in [2.45, 2.75) is 19.5 Å². The van der Waals surface area contributed by atoms with E-state index in [1.165, 1.54) is 16.0 Å². The highest BCUT2D eigenvalue weighted by Crippen LogP contribution is 2.25. The summed E-state index contributed by atoms with van der Waals surface area (Å²) in [7, 11) is 2.11. The fraction of sp³-hybridized carbons (Fsp3) is 0.278. The minimum atomic E-state index is -0.920. The lowest BCUT2D eigenvalue weighted by Crippen LogP contribution is -2.30. The highest BCUT2D eigenvalue weighted by Gasteiger charge is 2.18. The fourth-order valence-corrected chi connectivity index (χ4v) is 2.88. The molecule has 0 aromatic heterocycles. The van der Waals surface area contributed by atoms with Crippen molar-refractivity contribution in [3.63, 3.8) is 0 Å². The van der Waals surface area contributed by atoms with Crippen LogP contribution in [0.1, 0.15) is 16.7 Å². The summed E-state index contributed by atoms with van der Waals surface area (Å²) >= 11 is 0. The topological polar surface area (TPSA) is 43.8 Å². The van der Waals surface area contributed by atoms with Gasteiger partial charge in [-0.25, -0.2) is 4.79 Å². The Balaban J connectivity index is 1.87. The number of nitrogens with zero attached hydrogens (tertiary/aromatic N) is 2. The van der Waals surface area contributed by atoms with Crippen molar-refractivity contribution in [2.75, 3.05) is 18.5 Å². The lowest BCUT2D eigenvalue weighted by atomic mass is 9.99. The molecule has 2 aromatic rings. The Kier molecular flexibility index (Phi) is 4.11. The van der Waals surface area contributed by atoms with Gasteiger partial charge in [-0.05, 0) is 42.3 Å². The van der Waals surface area contributed by atoms with Gasteiger partial charge < -0.3 is 10.0 Å². The van der Waals surface area contributed by atoms with Crippen LogP contribution < -0.4 is 4.90 Å². The molecule has 4 nitrogen and oxygen atoms in total. The summed E-state index contributed by atoms with van der Waals surface area (Å²) in [4.78, 5) is 15.3. The van der Waals surface area contributed by atoms with Gasteiger partial charge in [-0.3, -0.25) is 4.90 Å². The molecule has 1 amide bonds. The van der Waals surface area contributed by atoms with E-state index in [0.717, 1.165) is 30.8 Å². The summed E-state index contributed by atoms with van der Waals surface area (Å²) in [6.45, 7) is 2.32. The lowest BCUT2D eigenvalue weighted by Gasteiger charge is -2.27. The number of hydrogen-bond acceptors (Lipinski definition) is 2. The number of fused-ring (bicyclic) bond motifs is 1. The van der Waals surface area contributed by atoms with Crippen molar-refractivity contribution in [1.29, 1.82) is 0 Å². The Hall–Kier alpha value is -2.33. The molecule has 1 N–H and O–H groups in total. The molecule has 0 fully saturated rings. The first-order valence-corrected chi connectivity index (χ1v) is 7.48. The van der Waals surface area contributed by atoms with E-state index in [-0.39, 0.29) is 0 Å². The summed E-state index contributed by atoms with van der Waals surface area (Å²) in [5, 5.41) is 9.55. The molecule has 3 rings (SSSR count). The minimum Gasteiger partial charge on any atom is -0.465 e. The van der Waals surface area contributed by atoms with Gasteiger partial charge in [0.05, 0.1) is 6.54 Å². The van der Waals surface area contributed by atoms with Crippen molar-refractivity contribution in [3.05, 3.63) is 65.2 Å². The summed E-state index contributed by atoms with van der Waals surface area (Å²) in [6.07, 6.45) is 0.0510. The summed E-state index contributed by atoms with van der Waals surface area (Å²) in [5.74, 6) is 0. The Labute approximate surface area is 130 Å². The predicted octanol–water partition coefficient (Wildman–Crippen LogP) is 3.36. The Morgan fingerprint density at radius 2 is 1.95 bits per heavy atom. The molecular weight excluding hydrogens is 276 g/mol. The maximum Gasteiger partial charge on any atom is 0.412 e. The number of carboxylic acid groups (broad SMARTS) is 1. The van der Waals surface area contributed by atoms with E-state index in [4.69, 9.17) is 0 Å². The Morgan fingerprint density at radius 1 is 1.18 bits per heavy atom. The van der Waals surface area contributed by atoms with Gasteiger partial charge in [0.2, 0.25) is 0 Å². The number of amides is 1. The fourth-order valence-electron chi connectivity index (χ4n) is 2.88. The number of hydrogen-bond donors (Lipinski definition) is 1. The molecule has 0 spiro atoms. The predicted molar refractivity (Wildman–Crippen MR) is 87.1 cm³/mol. The molecule has 0 saturated heterocycles. The van der Waals surface area contributed by atoms with E-state index in [0.29, 0.717) is 6.54 Å². The maximum absolute atomic E-state index is 11.6. The molecule has 1 aliphatic rings.